The molecule has 0 unspecified atom stereocenters. The van der Waals surface area contributed by atoms with E-state index in [9.17, 15) is 0 Å². The van der Waals surface area contributed by atoms with E-state index in [0.717, 1.165) is 25.1 Å². The molecule has 0 radical (unpaired) electrons. The molecule has 0 aliphatic carbocycles. The number of benzene rings is 1. The second-order valence-electron chi connectivity index (χ2n) is 6.42. The molecule has 0 aromatic heterocycles. The number of hydrogen-bond donors (Lipinski definition) is 0. The molecule has 1 saturated heterocycles. The lowest BCUT2D eigenvalue weighted by Crippen LogP contribution is -2.41. The minimum absolute atomic E-state index is 0.266. The standard InChI is InChI=1S/C15H21BO3/c1-14(2)15(3,4)19-16(18-14)13-6-5-12-10-17-8-7-11(12)9-13/h5-6,9H,7-8,10H2,1-4H3. The Bertz CT molecular complexity index is 480. The van der Waals surface area contributed by atoms with Crippen molar-refractivity contribution in [2.45, 2.75) is 51.9 Å². The van der Waals surface area contributed by atoms with Crippen molar-refractivity contribution in [2.75, 3.05) is 6.61 Å². The molecule has 3 nitrogen and oxygen atoms in total. The van der Waals surface area contributed by atoms with Crippen LogP contribution in [0.5, 0.6) is 0 Å². The summed E-state index contributed by atoms with van der Waals surface area (Å²) in [6.45, 7) is 9.86. The zero-order valence-electron chi connectivity index (χ0n) is 12.2. The van der Waals surface area contributed by atoms with Crippen LogP contribution in [0.4, 0.5) is 0 Å². The molecule has 0 amide bonds. The van der Waals surface area contributed by atoms with Gasteiger partial charge in [-0.25, -0.2) is 0 Å². The zero-order valence-corrected chi connectivity index (χ0v) is 12.2. The lowest BCUT2D eigenvalue weighted by Gasteiger charge is -2.32. The third-order valence-electron chi connectivity index (χ3n) is 4.53. The Morgan fingerprint density at radius 1 is 1.00 bits per heavy atom. The van der Waals surface area contributed by atoms with Gasteiger partial charge in [0.05, 0.1) is 24.4 Å². The largest absolute Gasteiger partial charge is 0.494 e. The van der Waals surface area contributed by atoms with Gasteiger partial charge in [0.2, 0.25) is 0 Å². The fraction of sp³-hybridized carbons (Fsp3) is 0.600. The molecule has 1 aromatic rings. The lowest BCUT2D eigenvalue weighted by molar-refractivity contribution is 0.00578. The third kappa shape index (κ3) is 2.22. The van der Waals surface area contributed by atoms with Crippen molar-refractivity contribution < 1.29 is 14.0 Å². The van der Waals surface area contributed by atoms with Crippen LogP contribution in [0, 0.1) is 0 Å². The summed E-state index contributed by atoms with van der Waals surface area (Å²) in [5.41, 5.74) is 3.19. The summed E-state index contributed by atoms with van der Waals surface area (Å²) in [5.74, 6) is 0. The molecule has 2 aliphatic rings. The molecule has 102 valence electrons. The van der Waals surface area contributed by atoms with Crippen molar-refractivity contribution >= 4 is 12.6 Å². The highest BCUT2D eigenvalue weighted by molar-refractivity contribution is 6.62. The molecule has 2 aliphatic heterocycles. The van der Waals surface area contributed by atoms with Crippen LogP contribution in [-0.4, -0.2) is 24.9 Å². The van der Waals surface area contributed by atoms with Gasteiger partial charge in [-0.15, -0.1) is 0 Å². The van der Waals surface area contributed by atoms with Gasteiger partial charge in [-0.3, -0.25) is 0 Å². The van der Waals surface area contributed by atoms with Gasteiger partial charge in [-0.2, -0.15) is 0 Å². The van der Waals surface area contributed by atoms with Crippen LogP contribution in [0.2, 0.25) is 0 Å². The van der Waals surface area contributed by atoms with E-state index in [1.165, 1.54) is 11.1 Å². The van der Waals surface area contributed by atoms with Crippen molar-refractivity contribution in [1.29, 1.82) is 0 Å². The SMILES string of the molecule is CC1(C)OB(c2ccc3c(c2)CCOC3)OC1(C)C. The van der Waals surface area contributed by atoms with Crippen molar-refractivity contribution in [3.05, 3.63) is 29.3 Å². The predicted octanol–water partition coefficient (Wildman–Crippen LogP) is 2.06. The molecule has 1 fully saturated rings. The number of hydrogen-bond acceptors (Lipinski definition) is 3. The second-order valence-corrected chi connectivity index (χ2v) is 6.42. The quantitative estimate of drug-likeness (QED) is 0.723. The molecule has 0 bridgehead atoms. The monoisotopic (exact) mass is 260 g/mol. The van der Waals surface area contributed by atoms with Crippen LogP contribution in [0.25, 0.3) is 0 Å². The van der Waals surface area contributed by atoms with E-state index < -0.39 is 0 Å². The molecule has 19 heavy (non-hydrogen) atoms. The molecule has 0 spiro atoms. The molecule has 4 heteroatoms. The maximum Gasteiger partial charge on any atom is 0.494 e. The Balaban J connectivity index is 1.88. The predicted molar refractivity (Wildman–Crippen MR) is 75.5 cm³/mol. The van der Waals surface area contributed by atoms with Gasteiger partial charge in [0.25, 0.3) is 0 Å². The maximum absolute atomic E-state index is 6.09. The van der Waals surface area contributed by atoms with Crippen LogP contribution < -0.4 is 5.46 Å². The second kappa shape index (κ2) is 4.34. The highest BCUT2D eigenvalue weighted by Crippen LogP contribution is 2.36. The molecule has 2 heterocycles. The van der Waals surface area contributed by atoms with Crippen molar-refractivity contribution in [3.8, 4) is 0 Å². The van der Waals surface area contributed by atoms with Gasteiger partial charge in [0.15, 0.2) is 0 Å². The summed E-state index contributed by atoms with van der Waals surface area (Å²) in [6, 6.07) is 6.44. The summed E-state index contributed by atoms with van der Waals surface area (Å²) < 4.78 is 17.6. The van der Waals surface area contributed by atoms with Crippen LogP contribution in [0.3, 0.4) is 0 Å². The molecule has 3 rings (SSSR count). The van der Waals surface area contributed by atoms with E-state index in [0.29, 0.717) is 0 Å². The van der Waals surface area contributed by atoms with E-state index in [2.05, 4.69) is 45.9 Å². The first-order chi connectivity index (χ1) is 8.89. The van der Waals surface area contributed by atoms with Gasteiger partial charge in [-0.05, 0) is 50.7 Å². The fourth-order valence-corrected chi connectivity index (χ4v) is 2.51. The van der Waals surface area contributed by atoms with Crippen LogP contribution >= 0.6 is 0 Å². The summed E-state index contributed by atoms with van der Waals surface area (Å²) in [7, 11) is -0.266. The molecule has 1 aromatic carbocycles. The van der Waals surface area contributed by atoms with Crippen LogP contribution in [-0.2, 0) is 27.1 Å². The zero-order chi connectivity index (χ0) is 13.7. The third-order valence-corrected chi connectivity index (χ3v) is 4.53. The van der Waals surface area contributed by atoms with Gasteiger partial charge < -0.3 is 14.0 Å². The Kier molecular flexibility index (Phi) is 3.00. The van der Waals surface area contributed by atoms with E-state index in [1.54, 1.807) is 0 Å². The first-order valence-corrected chi connectivity index (χ1v) is 6.94. The average molecular weight is 260 g/mol. The highest BCUT2D eigenvalue weighted by atomic mass is 16.7. The topological polar surface area (TPSA) is 27.7 Å². The minimum Gasteiger partial charge on any atom is -0.399 e. The maximum atomic E-state index is 6.09. The number of fused-ring (bicyclic) bond motifs is 1. The van der Waals surface area contributed by atoms with Crippen LogP contribution in [0.15, 0.2) is 18.2 Å². The van der Waals surface area contributed by atoms with E-state index in [4.69, 9.17) is 14.0 Å². The lowest BCUT2D eigenvalue weighted by atomic mass is 9.77. The van der Waals surface area contributed by atoms with Crippen LogP contribution in [0.1, 0.15) is 38.8 Å². The van der Waals surface area contributed by atoms with E-state index in [-0.39, 0.29) is 18.3 Å². The summed E-state index contributed by atoms with van der Waals surface area (Å²) >= 11 is 0. The number of rotatable bonds is 1. The fourth-order valence-electron chi connectivity index (χ4n) is 2.51. The Morgan fingerprint density at radius 2 is 1.68 bits per heavy atom. The summed E-state index contributed by atoms with van der Waals surface area (Å²) in [5, 5.41) is 0. The Labute approximate surface area is 115 Å². The highest BCUT2D eigenvalue weighted by Gasteiger charge is 2.51. The first kappa shape index (κ1) is 13.2. The minimum atomic E-state index is -0.281. The number of ether oxygens (including phenoxy) is 1. The molecule has 0 atom stereocenters. The Hall–Kier alpha value is -0.835. The van der Waals surface area contributed by atoms with Gasteiger partial charge in [-0.1, -0.05) is 18.2 Å². The molecule has 0 saturated carbocycles. The first-order valence-electron chi connectivity index (χ1n) is 6.94. The summed E-state index contributed by atoms with van der Waals surface area (Å²) in [4.78, 5) is 0. The molecular weight excluding hydrogens is 239 g/mol. The van der Waals surface area contributed by atoms with Crippen molar-refractivity contribution in [1.82, 2.24) is 0 Å². The Morgan fingerprint density at radius 3 is 2.37 bits per heavy atom. The normalized spacial score (nSPS) is 24.3. The van der Waals surface area contributed by atoms with Crippen molar-refractivity contribution in [2.24, 2.45) is 0 Å². The van der Waals surface area contributed by atoms with Gasteiger partial charge in [0, 0.05) is 0 Å². The van der Waals surface area contributed by atoms with Gasteiger partial charge >= 0.3 is 7.12 Å². The smallest absolute Gasteiger partial charge is 0.399 e. The molecule has 0 N–H and O–H groups in total. The van der Waals surface area contributed by atoms with Crippen molar-refractivity contribution in [3.63, 3.8) is 0 Å². The average Bonchev–Trinajstić information content (AvgIpc) is 2.58. The van der Waals surface area contributed by atoms with Gasteiger partial charge in [0.1, 0.15) is 0 Å². The van der Waals surface area contributed by atoms with E-state index >= 15 is 0 Å². The van der Waals surface area contributed by atoms with E-state index in [1.807, 2.05) is 0 Å². The summed E-state index contributed by atoms with van der Waals surface area (Å²) in [6.07, 6.45) is 0.975. The molecular formula is C15H21BO3.